The van der Waals surface area contributed by atoms with Gasteiger partial charge in [0.05, 0.1) is 6.54 Å². The van der Waals surface area contributed by atoms with Crippen LogP contribution < -0.4 is 15.4 Å². The van der Waals surface area contributed by atoms with Crippen molar-refractivity contribution in [2.45, 2.75) is 64.5 Å². The van der Waals surface area contributed by atoms with Gasteiger partial charge < -0.3 is 25.4 Å². The van der Waals surface area contributed by atoms with Gasteiger partial charge in [0.2, 0.25) is 0 Å². The molecule has 0 saturated carbocycles. The zero-order valence-electron chi connectivity index (χ0n) is 21.4. The van der Waals surface area contributed by atoms with Gasteiger partial charge in [0, 0.05) is 24.2 Å². The summed E-state index contributed by atoms with van der Waals surface area (Å²) in [4.78, 5) is 23.6. The molecule has 2 aromatic carbocycles. The van der Waals surface area contributed by atoms with E-state index >= 15 is 0 Å². The molecule has 1 aliphatic rings. The second-order valence-electron chi connectivity index (χ2n) is 9.66. The Morgan fingerprint density at radius 1 is 1.05 bits per heavy atom. The number of carboxylic acid groups (broad SMARTS) is 1. The van der Waals surface area contributed by atoms with Crippen molar-refractivity contribution >= 4 is 12.0 Å². The number of hydrogen-bond acceptors (Lipinski definition) is 4. The normalized spacial score (nSPS) is 14.2. The molecule has 2 amide bonds. The van der Waals surface area contributed by atoms with E-state index in [1.54, 1.807) is 4.90 Å². The first-order valence-electron chi connectivity index (χ1n) is 11.9. The van der Waals surface area contributed by atoms with E-state index in [0.717, 1.165) is 43.3 Å². The van der Waals surface area contributed by atoms with Gasteiger partial charge in [0.15, 0.2) is 0 Å². The average molecular weight is 546 g/mol. The van der Waals surface area contributed by atoms with Crippen molar-refractivity contribution in [2.75, 3.05) is 13.1 Å². The summed E-state index contributed by atoms with van der Waals surface area (Å²) in [5.41, 5.74) is 0.965. The molecule has 1 saturated heterocycles. The van der Waals surface area contributed by atoms with Gasteiger partial charge in [-0.15, -0.1) is 0 Å². The van der Waals surface area contributed by atoms with Gasteiger partial charge >= 0.3 is 18.2 Å². The van der Waals surface area contributed by atoms with Crippen LogP contribution in [0.25, 0.3) is 0 Å². The lowest BCUT2D eigenvalue weighted by molar-refractivity contribution is -0.192. The minimum atomic E-state index is -5.08. The van der Waals surface area contributed by atoms with E-state index in [9.17, 15) is 26.7 Å². The Bertz CT molecular complexity index is 1070. The van der Waals surface area contributed by atoms with Gasteiger partial charge in [-0.1, -0.05) is 18.2 Å². The number of benzene rings is 2. The summed E-state index contributed by atoms with van der Waals surface area (Å²) in [6.45, 7) is 8.01. The zero-order chi connectivity index (χ0) is 28.5. The summed E-state index contributed by atoms with van der Waals surface area (Å²) in [6.07, 6.45) is -3.51. The number of ether oxygens (including phenoxy) is 1. The number of alkyl halides is 3. The molecule has 210 valence electrons. The predicted molar refractivity (Wildman–Crippen MR) is 131 cm³/mol. The van der Waals surface area contributed by atoms with Crippen molar-refractivity contribution in [2.24, 2.45) is 0 Å². The summed E-state index contributed by atoms with van der Waals surface area (Å²) >= 11 is 0. The monoisotopic (exact) mass is 545 g/mol. The fraction of sp³-hybridized carbons (Fsp3) is 0.462. The van der Waals surface area contributed by atoms with Crippen LogP contribution in [0.5, 0.6) is 5.75 Å². The van der Waals surface area contributed by atoms with Crippen molar-refractivity contribution in [1.82, 2.24) is 15.5 Å². The molecule has 1 aliphatic heterocycles. The Kier molecular flexibility index (Phi) is 10.9. The summed E-state index contributed by atoms with van der Waals surface area (Å²) in [7, 11) is 0. The molecule has 12 heteroatoms. The molecular formula is C26H32F5N3O4. The van der Waals surface area contributed by atoms with Gasteiger partial charge in [-0.2, -0.15) is 13.2 Å². The van der Waals surface area contributed by atoms with Crippen LogP contribution in [-0.4, -0.2) is 52.9 Å². The molecule has 7 nitrogen and oxygen atoms in total. The van der Waals surface area contributed by atoms with Crippen LogP contribution in [0.1, 0.15) is 44.7 Å². The Morgan fingerprint density at radius 3 is 2.13 bits per heavy atom. The first kappa shape index (κ1) is 30.8. The minimum Gasteiger partial charge on any atom is -0.488 e. The highest BCUT2D eigenvalue weighted by Gasteiger charge is 2.38. The minimum absolute atomic E-state index is 0.00624. The number of hydrogen-bond donors (Lipinski definition) is 3. The Morgan fingerprint density at radius 2 is 1.63 bits per heavy atom. The number of piperidine rings is 1. The third-order valence-electron chi connectivity index (χ3n) is 5.40. The lowest BCUT2D eigenvalue weighted by Crippen LogP contribution is -2.49. The number of rotatable bonds is 6. The van der Waals surface area contributed by atoms with Crippen LogP contribution >= 0.6 is 0 Å². The van der Waals surface area contributed by atoms with Crippen LogP contribution in [0.15, 0.2) is 42.5 Å². The van der Waals surface area contributed by atoms with E-state index in [-0.39, 0.29) is 24.2 Å². The third-order valence-corrected chi connectivity index (χ3v) is 5.40. The van der Waals surface area contributed by atoms with Crippen molar-refractivity contribution in [3.63, 3.8) is 0 Å². The van der Waals surface area contributed by atoms with Gasteiger partial charge in [0.25, 0.3) is 0 Å². The molecule has 0 aromatic heterocycles. The maximum Gasteiger partial charge on any atom is 0.490 e. The second kappa shape index (κ2) is 13.4. The summed E-state index contributed by atoms with van der Waals surface area (Å²) in [6, 6.07) is 10.8. The highest BCUT2D eigenvalue weighted by Crippen LogP contribution is 2.20. The highest BCUT2D eigenvalue weighted by atomic mass is 19.4. The number of nitrogens with one attached hydrogen (secondary N) is 2. The maximum atomic E-state index is 14.2. The molecule has 0 radical (unpaired) electrons. The van der Waals surface area contributed by atoms with Crippen molar-refractivity contribution < 1.29 is 41.4 Å². The number of carbonyl (C=O) groups excluding carboxylic acids is 1. The first-order valence-corrected chi connectivity index (χ1v) is 11.9. The fourth-order valence-electron chi connectivity index (χ4n) is 3.63. The second-order valence-corrected chi connectivity index (χ2v) is 9.66. The van der Waals surface area contributed by atoms with Gasteiger partial charge in [0.1, 0.15) is 23.0 Å². The fourth-order valence-corrected chi connectivity index (χ4v) is 3.63. The average Bonchev–Trinajstić information content (AvgIpc) is 2.82. The lowest BCUT2D eigenvalue weighted by Gasteiger charge is -2.35. The Labute approximate surface area is 218 Å². The zero-order valence-corrected chi connectivity index (χ0v) is 21.4. The van der Waals surface area contributed by atoms with Crippen LogP contribution in [0.3, 0.4) is 0 Å². The topological polar surface area (TPSA) is 90.9 Å². The van der Waals surface area contributed by atoms with Crippen LogP contribution in [0.2, 0.25) is 0 Å². The molecule has 0 unspecified atom stereocenters. The summed E-state index contributed by atoms with van der Waals surface area (Å²) < 4.78 is 65.1. The van der Waals surface area contributed by atoms with Gasteiger partial charge in [-0.25, -0.2) is 18.4 Å². The summed E-state index contributed by atoms with van der Waals surface area (Å²) in [5, 5.41) is 13.3. The molecule has 0 spiro atoms. The molecule has 2 aromatic rings. The van der Waals surface area contributed by atoms with Gasteiger partial charge in [-0.05, 0) is 70.5 Å². The molecule has 1 fully saturated rings. The van der Waals surface area contributed by atoms with Crippen molar-refractivity contribution in [3.05, 3.63) is 65.2 Å². The van der Waals surface area contributed by atoms with Crippen molar-refractivity contribution in [3.8, 4) is 5.75 Å². The van der Waals surface area contributed by atoms with E-state index in [0.29, 0.717) is 12.1 Å². The van der Waals surface area contributed by atoms with Crippen LogP contribution in [-0.2, 0) is 17.9 Å². The number of urea groups is 1. The van der Waals surface area contributed by atoms with Gasteiger partial charge in [-0.3, -0.25) is 0 Å². The Hall–Kier alpha value is -3.41. The maximum absolute atomic E-state index is 14.2. The lowest BCUT2D eigenvalue weighted by atomic mass is 10.0. The molecule has 0 aliphatic carbocycles. The molecule has 0 bridgehead atoms. The molecular weight excluding hydrogens is 513 g/mol. The number of nitrogens with zero attached hydrogens (tertiary/aromatic N) is 1. The predicted octanol–water partition coefficient (Wildman–Crippen LogP) is 5.24. The quantitative estimate of drug-likeness (QED) is 0.432. The number of carbonyl (C=O) groups is 2. The number of carboxylic acids is 1. The molecule has 38 heavy (non-hydrogen) atoms. The van der Waals surface area contributed by atoms with Crippen LogP contribution in [0, 0.1) is 11.6 Å². The number of aliphatic carboxylic acids is 1. The Balaban J connectivity index is 0.000000638. The molecule has 0 atom stereocenters. The molecule has 3 N–H and O–H groups in total. The van der Waals surface area contributed by atoms with E-state index in [4.69, 9.17) is 14.6 Å². The van der Waals surface area contributed by atoms with E-state index in [1.165, 1.54) is 12.1 Å². The SMILES string of the molecule is CC(C)(C)Oc1ccc(CNC(=O)N(Cc2ccc(F)cc2F)C2CCNCC2)cc1.O=C(O)C(F)(F)F. The first-order chi connectivity index (χ1) is 17.7. The smallest absolute Gasteiger partial charge is 0.488 e. The number of halogens is 5. The standard InChI is InChI=1S/C24H31F2N3O2.C2HF3O2/c1-24(2,3)31-21-8-4-17(5-9-21)15-28-23(30)29(20-10-12-27-13-11-20)16-18-6-7-19(25)14-22(18)26;3-2(4,5)1(6)7/h4-9,14,20,27H,10-13,15-16H2,1-3H3,(H,28,30);(H,6,7). The van der Waals surface area contributed by atoms with E-state index in [1.807, 2.05) is 45.0 Å². The molecule has 3 rings (SSSR count). The van der Waals surface area contributed by atoms with E-state index < -0.39 is 23.8 Å². The summed E-state index contributed by atoms with van der Waals surface area (Å²) in [5.74, 6) is -3.25. The third kappa shape index (κ3) is 10.5. The molecule has 1 heterocycles. The highest BCUT2D eigenvalue weighted by molar-refractivity contribution is 5.74. The van der Waals surface area contributed by atoms with E-state index in [2.05, 4.69) is 10.6 Å². The van der Waals surface area contributed by atoms with Crippen LogP contribution in [0.4, 0.5) is 26.7 Å². The number of amides is 2. The largest absolute Gasteiger partial charge is 0.490 e. The van der Waals surface area contributed by atoms with Crippen molar-refractivity contribution in [1.29, 1.82) is 0 Å².